The van der Waals surface area contributed by atoms with Crippen LogP contribution < -0.4 is 10.6 Å². The van der Waals surface area contributed by atoms with Crippen molar-refractivity contribution in [3.05, 3.63) is 63.2 Å². The molecule has 0 saturated heterocycles. The molecule has 0 fully saturated rings. The molecule has 0 heterocycles. The predicted octanol–water partition coefficient (Wildman–Crippen LogP) is 2.76. The van der Waals surface area contributed by atoms with Crippen molar-refractivity contribution in [2.45, 2.75) is 19.4 Å². The molecule has 7 heteroatoms. The molecule has 2 N–H and O–H groups in total. The lowest BCUT2D eigenvalue weighted by molar-refractivity contribution is -0.142. The van der Waals surface area contributed by atoms with E-state index in [1.54, 1.807) is 24.3 Å². The van der Waals surface area contributed by atoms with Crippen molar-refractivity contribution in [3.63, 3.8) is 0 Å². The Kier molecular flexibility index (Phi) is 7.14. The highest BCUT2D eigenvalue weighted by molar-refractivity contribution is 14.1. The van der Waals surface area contributed by atoms with Crippen molar-refractivity contribution in [1.29, 1.82) is 0 Å². The van der Waals surface area contributed by atoms with Gasteiger partial charge in [0.25, 0.3) is 5.91 Å². The number of esters is 1. The molecule has 2 aromatic carbocycles. The molecule has 136 valence electrons. The fourth-order valence-electron chi connectivity index (χ4n) is 2.37. The Morgan fingerprint density at radius 3 is 2.42 bits per heavy atom. The van der Waals surface area contributed by atoms with Gasteiger partial charge in [0.05, 0.1) is 7.11 Å². The summed E-state index contributed by atoms with van der Waals surface area (Å²) in [7, 11) is 1.28. The Bertz CT molecular complexity index is 805. The molecule has 26 heavy (non-hydrogen) atoms. The molecule has 0 saturated carbocycles. The maximum absolute atomic E-state index is 12.5. The lowest BCUT2D eigenvalue weighted by Crippen LogP contribution is -2.43. The molecule has 6 nitrogen and oxygen atoms in total. The number of rotatable bonds is 6. The number of amides is 2. The van der Waals surface area contributed by atoms with Crippen LogP contribution in [-0.2, 0) is 20.7 Å². The van der Waals surface area contributed by atoms with Gasteiger partial charge >= 0.3 is 5.97 Å². The van der Waals surface area contributed by atoms with Crippen molar-refractivity contribution < 1.29 is 19.1 Å². The van der Waals surface area contributed by atoms with Gasteiger partial charge in [0.15, 0.2) is 0 Å². The van der Waals surface area contributed by atoms with Crippen LogP contribution in [0.25, 0.3) is 0 Å². The van der Waals surface area contributed by atoms with Gasteiger partial charge in [0.1, 0.15) is 6.04 Å². The van der Waals surface area contributed by atoms with E-state index in [0.29, 0.717) is 17.7 Å². The number of hydrogen-bond donors (Lipinski definition) is 2. The van der Waals surface area contributed by atoms with Crippen molar-refractivity contribution in [2.24, 2.45) is 0 Å². The van der Waals surface area contributed by atoms with Crippen molar-refractivity contribution in [2.75, 3.05) is 12.4 Å². The first-order chi connectivity index (χ1) is 12.4. The maximum atomic E-state index is 12.5. The van der Waals surface area contributed by atoms with Gasteiger partial charge in [-0.25, -0.2) is 4.79 Å². The van der Waals surface area contributed by atoms with Gasteiger partial charge in [-0.05, 0) is 58.5 Å². The number of carbonyl (C=O) groups excluding carboxylic acids is 3. The van der Waals surface area contributed by atoms with E-state index in [9.17, 15) is 14.4 Å². The number of benzene rings is 2. The summed E-state index contributed by atoms with van der Waals surface area (Å²) >= 11 is 2.20. The van der Waals surface area contributed by atoms with Gasteiger partial charge in [-0.2, -0.15) is 0 Å². The van der Waals surface area contributed by atoms with Crippen LogP contribution in [0.15, 0.2) is 48.5 Å². The summed E-state index contributed by atoms with van der Waals surface area (Å²) < 4.78 is 5.89. The Hall–Kier alpha value is -2.42. The van der Waals surface area contributed by atoms with Gasteiger partial charge in [0, 0.05) is 28.2 Å². The average molecular weight is 466 g/mol. The van der Waals surface area contributed by atoms with E-state index in [-0.39, 0.29) is 5.91 Å². The van der Waals surface area contributed by atoms with Gasteiger partial charge in [-0.3, -0.25) is 9.59 Å². The molecule has 2 amide bonds. The molecule has 0 radical (unpaired) electrons. The second-order valence-corrected chi connectivity index (χ2v) is 6.89. The van der Waals surface area contributed by atoms with Crippen LogP contribution >= 0.6 is 22.6 Å². The number of nitrogens with one attached hydrogen (secondary N) is 2. The number of halogens is 1. The highest BCUT2D eigenvalue weighted by atomic mass is 127. The third kappa shape index (κ3) is 5.83. The summed E-state index contributed by atoms with van der Waals surface area (Å²) in [5, 5.41) is 5.32. The SMILES string of the molecule is COC(=O)[C@H](Cc1ccc(I)cc1)NC(=O)c1cccc(NC(C)=O)c1. The van der Waals surface area contributed by atoms with E-state index in [1.807, 2.05) is 24.3 Å². The zero-order valence-electron chi connectivity index (χ0n) is 14.4. The fraction of sp³-hybridized carbons (Fsp3) is 0.211. The summed E-state index contributed by atoms with van der Waals surface area (Å²) in [4.78, 5) is 35.7. The Labute approximate surface area is 165 Å². The average Bonchev–Trinajstić information content (AvgIpc) is 2.62. The van der Waals surface area contributed by atoms with Gasteiger partial charge < -0.3 is 15.4 Å². The minimum absolute atomic E-state index is 0.228. The fourth-order valence-corrected chi connectivity index (χ4v) is 2.73. The van der Waals surface area contributed by atoms with Crippen LogP contribution in [-0.4, -0.2) is 30.9 Å². The first-order valence-corrected chi connectivity index (χ1v) is 8.97. The van der Waals surface area contributed by atoms with Crippen molar-refractivity contribution >= 4 is 46.1 Å². The van der Waals surface area contributed by atoms with Crippen LogP contribution in [0.1, 0.15) is 22.8 Å². The summed E-state index contributed by atoms with van der Waals surface area (Å²) in [5.41, 5.74) is 1.76. The highest BCUT2D eigenvalue weighted by Gasteiger charge is 2.22. The number of carbonyl (C=O) groups is 3. The summed E-state index contributed by atoms with van der Waals surface area (Å²) in [6.45, 7) is 1.39. The van der Waals surface area contributed by atoms with E-state index >= 15 is 0 Å². The topological polar surface area (TPSA) is 84.5 Å². The highest BCUT2D eigenvalue weighted by Crippen LogP contribution is 2.13. The molecular formula is C19H19IN2O4. The summed E-state index contributed by atoms with van der Waals surface area (Å²) in [5.74, 6) is -1.17. The van der Waals surface area contributed by atoms with Gasteiger partial charge in [-0.15, -0.1) is 0 Å². The first kappa shape index (κ1) is 19.9. The zero-order valence-corrected chi connectivity index (χ0v) is 16.6. The normalized spacial score (nSPS) is 11.3. The molecule has 0 aliphatic heterocycles. The number of ether oxygens (including phenoxy) is 1. The molecule has 2 rings (SSSR count). The Balaban J connectivity index is 2.14. The van der Waals surface area contributed by atoms with E-state index in [4.69, 9.17) is 4.74 Å². The molecule has 1 atom stereocenters. The van der Waals surface area contributed by atoms with E-state index in [0.717, 1.165) is 9.13 Å². The quantitative estimate of drug-likeness (QED) is 0.507. The number of anilines is 1. The number of hydrogen-bond acceptors (Lipinski definition) is 4. The lowest BCUT2D eigenvalue weighted by atomic mass is 10.1. The number of methoxy groups -OCH3 is 1. The van der Waals surface area contributed by atoms with E-state index in [1.165, 1.54) is 14.0 Å². The van der Waals surface area contributed by atoms with Crippen LogP contribution in [0.2, 0.25) is 0 Å². The molecule has 0 aliphatic carbocycles. The molecular weight excluding hydrogens is 447 g/mol. The Morgan fingerprint density at radius 2 is 1.81 bits per heavy atom. The largest absolute Gasteiger partial charge is 0.467 e. The minimum atomic E-state index is -0.808. The molecule has 0 unspecified atom stereocenters. The molecule has 0 spiro atoms. The van der Waals surface area contributed by atoms with E-state index < -0.39 is 17.9 Å². The second kappa shape index (κ2) is 9.33. The van der Waals surface area contributed by atoms with Crippen molar-refractivity contribution in [3.8, 4) is 0 Å². The monoisotopic (exact) mass is 466 g/mol. The Morgan fingerprint density at radius 1 is 1.12 bits per heavy atom. The molecule has 2 aromatic rings. The molecule has 0 bridgehead atoms. The van der Waals surface area contributed by atoms with Crippen LogP contribution in [0.5, 0.6) is 0 Å². The van der Waals surface area contributed by atoms with E-state index in [2.05, 4.69) is 33.2 Å². The van der Waals surface area contributed by atoms with Crippen LogP contribution in [0.3, 0.4) is 0 Å². The summed E-state index contributed by atoms with van der Waals surface area (Å²) in [6.07, 6.45) is 0.320. The van der Waals surface area contributed by atoms with Gasteiger partial charge in [-0.1, -0.05) is 18.2 Å². The van der Waals surface area contributed by atoms with Crippen LogP contribution in [0.4, 0.5) is 5.69 Å². The third-order valence-corrected chi connectivity index (χ3v) is 4.31. The zero-order chi connectivity index (χ0) is 19.1. The standard InChI is InChI=1S/C19H19IN2O4/c1-12(23)21-16-5-3-4-14(11-16)18(24)22-17(19(25)26-2)10-13-6-8-15(20)9-7-13/h3-9,11,17H,10H2,1-2H3,(H,21,23)(H,22,24)/t17-/m0/s1. The van der Waals surface area contributed by atoms with Crippen molar-refractivity contribution in [1.82, 2.24) is 5.32 Å². The molecule has 0 aromatic heterocycles. The molecule has 0 aliphatic rings. The maximum Gasteiger partial charge on any atom is 0.328 e. The lowest BCUT2D eigenvalue weighted by Gasteiger charge is -2.17. The smallest absolute Gasteiger partial charge is 0.328 e. The summed E-state index contributed by atoms with van der Waals surface area (Å²) in [6, 6.07) is 13.4. The van der Waals surface area contributed by atoms with Gasteiger partial charge in [0.2, 0.25) is 5.91 Å². The minimum Gasteiger partial charge on any atom is -0.467 e. The first-order valence-electron chi connectivity index (χ1n) is 7.90. The second-order valence-electron chi connectivity index (χ2n) is 5.64. The predicted molar refractivity (Wildman–Crippen MR) is 107 cm³/mol. The third-order valence-electron chi connectivity index (χ3n) is 3.59. The van der Waals surface area contributed by atoms with Crippen LogP contribution in [0, 0.1) is 3.57 Å².